The fourth-order valence-electron chi connectivity index (χ4n) is 2.76. The van der Waals surface area contributed by atoms with E-state index in [4.69, 9.17) is 5.73 Å². The van der Waals surface area contributed by atoms with Gasteiger partial charge in [-0.3, -0.25) is 4.90 Å². The summed E-state index contributed by atoms with van der Waals surface area (Å²) in [4.78, 5) is 9.07. The number of rotatable bonds is 6. The molecular formula is C13H25N5O2S. The van der Waals surface area contributed by atoms with Crippen LogP contribution in [0.1, 0.15) is 25.6 Å². The van der Waals surface area contributed by atoms with Gasteiger partial charge in [-0.2, -0.15) is 4.31 Å². The Morgan fingerprint density at radius 2 is 2.05 bits per heavy atom. The maximum Gasteiger partial charge on any atom is 0.260 e. The van der Waals surface area contributed by atoms with E-state index in [-0.39, 0.29) is 5.03 Å². The molecule has 120 valence electrons. The van der Waals surface area contributed by atoms with Crippen LogP contribution in [0.2, 0.25) is 0 Å². The molecule has 1 aliphatic rings. The Labute approximate surface area is 126 Å². The van der Waals surface area contributed by atoms with Gasteiger partial charge in [-0.25, -0.2) is 13.4 Å². The molecule has 0 aromatic carbocycles. The fourth-order valence-corrected chi connectivity index (χ4v) is 4.15. The van der Waals surface area contributed by atoms with Crippen LogP contribution in [0.4, 0.5) is 0 Å². The Bertz CT molecular complexity index is 549. The smallest absolute Gasteiger partial charge is 0.260 e. The molecule has 3 N–H and O–H groups in total. The lowest BCUT2D eigenvalue weighted by Crippen LogP contribution is -2.53. The summed E-state index contributed by atoms with van der Waals surface area (Å²) in [5.41, 5.74) is 5.82. The van der Waals surface area contributed by atoms with Crippen molar-refractivity contribution < 1.29 is 8.42 Å². The van der Waals surface area contributed by atoms with E-state index in [1.54, 1.807) is 6.92 Å². The van der Waals surface area contributed by atoms with Crippen LogP contribution in [0.15, 0.2) is 11.2 Å². The number of nitrogens with one attached hydrogen (secondary N) is 1. The van der Waals surface area contributed by atoms with E-state index in [0.717, 1.165) is 25.9 Å². The van der Waals surface area contributed by atoms with E-state index in [2.05, 4.69) is 21.8 Å². The van der Waals surface area contributed by atoms with E-state index in [1.165, 1.54) is 10.5 Å². The maximum atomic E-state index is 12.5. The van der Waals surface area contributed by atoms with Crippen molar-refractivity contribution in [3.05, 3.63) is 12.0 Å². The largest absolute Gasteiger partial charge is 0.332 e. The predicted molar refractivity (Wildman–Crippen MR) is 81.4 cm³/mol. The highest BCUT2D eigenvalue weighted by Crippen LogP contribution is 2.17. The van der Waals surface area contributed by atoms with Gasteiger partial charge in [0.05, 0.1) is 6.20 Å². The first-order chi connectivity index (χ1) is 9.98. The first kappa shape index (κ1) is 16.4. The molecule has 1 aliphatic heterocycles. The van der Waals surface area contributed by atoms with Gasteiger partial charge in [0, 0.05) is 38.8 Å². The highest BCUT2D eigenvalue weighted by molar-refractivity contribution is 7.89. The molecule has 1 fully saturated rings. The Morgan fingerprint density at radius 1 is 1.38 bits per heavy atom. The molecule has 1 aromatic heterocycles. The molecule has 1 atom stereocenters. The molecule has 0 spiro atoms. The molecule has 0 radical (unpaired) electrons. The lowest BCUT2D eigenvalue weighted by Gasteiger charge is -2.38. The van der Waals surface area contributed by atoms with E-state index in [0.29, 0.717) is 31.5 Å². The monoisotopic (exact) mass is 315 g/mol. The van der Waals surface area contributed by atoms with Crippen molar-refractivity contribution in [2.45, 2.75) is 37.8 Å². The second-order valence-corrected chi connectivity index (χ2v) is 7.36. The van der Waals surface area contributed by atoms with Crippen LogP contribution in [0.25, 0.3) is 0 Å². The van der Waals surface area contributed by atoms with Gasteiger partial charge in [-0.1, -0.05) is 13.3 Å². The van der Waals surface area contributed by atoms with Crippen molar-refractivity contribution in [3.8, 4) is 0 Å². The number of aromatic amines is 1. The van der Waals surface area contributed by atoms with Crippen LogP contribution in [-0.2, 0) is 10.0 Å². The highest BCUT2D eigenvalue weighted by atomic mass is 32.2. The number of nitrogens with zero attached hydrogens (tertiary/aromatic N) is 3. The average Bonchev–Trinajstić information content (AvgIpc) is 2.92. The van der Waals surface area contributed by atoms with Gasteiger partial charge in [-0.15, -0.1) is 0 Å². The second-order valence-electron chi connectivity index (χ2n) is 5.45. The topological polar surface area (TPSA) is 95.3 Å². The van der Waals surface area contributed by atoms with Crippen LogP contribution >= 0.6 is 0 Å². The summed E-state index contributed by atoms with van der Waals surface area (Å²) in [5.74, 6) is 0.610. The molecule has 0 amide bonds. The summed E-state index contributed by atoms with van der Waals surface area (Å²) in [6.07, 6.45) is 3.54. The van der Waals surface area contributed by atoms with Gasteiger partial charge < -0.3 is 10.7 Å². The van der Waals surface area contributed by atoms with E-state index < -0.39 is 10.0 Å². The van der Waals surface area contributed by atoms with E-state index >= 15 is 0 Å². The van der Waals surface area contributed by atoms with Crippen LogP contribution in [0.3, 0.4) is 0 Å². The van der Waals surface area contributed by atoms with Crippen molar-refractivity contribution in [2.24, 2.45) is 5.73 Å². The number of hydrogen-bond donors (Lipinski definition) is 2. The molecule has 21 heavy (non-hydrogen) atoms. The van der Waals surface area contributed by atoms with Gasteiger partial charge in [0.25, 0.3) is 10.0 Å². The molecule has 1 unspecified atom stereocenters. The number of hydrogen-bond acceptors (Lipinski definition) is 5. The number of aryl methyl sites for hydroxylation is 1. The number of sulfonamides is 1. The Morgan fingerprint density at radius 3 is 2.52 bits per heavy atom. The first-order valence-electron chi connectivity index (χ1n) is 7.45. The molecule has 2 rings (SSSR count). The van der Waals surface area contributed by atoms with Crippen molar-refractivity contribution in [3.63, 3.8) is 0 Å². The lowest BCUT2D eigenvalue weighted by molar-refractivity contribution is 0.133. The summed E-state index contributed by atoms with van der Waals surface area (Å²) in [7, 11) is -3.45. The Hall–Kier alpha value is -0.960. The van der Waals surface area contributed by atoms with Crippen molar-refractivity contribution in [2.75, 3.05) is 32.7 Å². The molecule has 0 aliphatic carbocycles. The van der Waals surface area contributed by atoms with Crippen molar-refractivity contribution in [1.29, 1.82) is 0 Å². The van der Waals surface area contributed by atoms with Gasteiger partial charge in [0.2, 0.25) is 0 Å². The highest BCUT2D eigenvalue weighted by Gasteiger charge is 2.31. The zero-order chi connectivity index (χ0) is 15.5. The number of H-pyrrole nitrogens is 1. The third-order valence-electron chi connectivity index (χ3n) is 3.98. The Kier molecular flexibility index (Phi) is 5.37. The quantitative estimate of drug-likeness (QED) is 0.779. The minimum absolute atomic E-state index is 0.178. The summed E-state index contributed by atoms with van der Waals surface area (Å²) in [5, 5.41) is 0.178. The van der Waals surface area contributed by atoms with Crippen molar-refractivity contribution >= 4 is 10.0 Å². The molecule has 0 saturated carbocycles. The standard InChI is InChI=1S/C13H25N5O2S/c1-3-4-12(9-14)17-5-7-18(8-6-17)21(19,20)13-10-15-11(2)16-13/h10,12H,3-9,14H2,1-2H3,(H,15,16). The van der Waals surface area contributed by atoms with Gasteiger partial charge in [0.1, 0.15) is 5.82 Å². The third-order valence-corrected chi connectivity index (χ3v) is 5.79. The number of aromatic nitrogens is 2. The summed E-state index contributed by atoms with van der Waals surface area (Å²) >= 11 is 0. The fraction of sp³-hybridized carbons (Fsp3) is 0.769. The van der Waals surface area contributed by atoms with Gasteiger partial charge in [0.15, 0.2) is 5.03 Å². The number of piperazine rings is 1. The first-order valence-corrected chi connectivity index (χ1v) is 8.89. The molecule has 8 heteroatoms. The molecule has 0 bridgehead atoms. The zero-order valence-corrected chi connectivity index (χ0v) is 13.6. The molecule has 2 heterocycles. The SMILES string of the molecule is CCCC(CN)N1CCN(S(=O)(=O)c2cnc(C)[nH]2)CC1. The summed E-state index contributed by atoms with van der Waals surface area (Å²) < 4.78 is 26.5. The van der Waals surface area contributed by atoms with Crippen LogP contribution in [-0.4, -0.2) is 66.4 Å². The van der Waals surface area contributed by atoms with Crippen LogP contribution in [0.5, 0.6) is 0 Å². The van der Waals surface area contributed by atoms with Crippen LogP contribution < -0.4 is 5.73 Å². The summed E-state index contributed by atoms with van der Waals surface area (Å²) in [6, 6.07) is 0.356. The second kappa shape index (κ2) is 6.87. The maximum absolute atomic E-state index is 12.5. The van der Waals surface area contributed by atoms with Crippen molar-refractivity contribution in [1.82, 2.24) is 19.2 Å². The lowest BCUT2D eigenvalue weighted by atomic mass is 10.1. The zero-order valence-electron chi connectivity index (χ0n) is 12.7. The summed E-state index contributed by atoms with van der Waals surface area (Å²) in [6.45, 7) is 6.97. The van der Waals surface area contributed by atoms with Gasteiger partial charge in [-0.05, 0) is 13.3 Å². The predicted octanol–water partition coefficient (Wildman–Crippen LogP) is 0.152. The average molecular weight is 315 g/mol. The van der Waals surface area contributed by atoms with Gasteiger partial charge >= 0.3 is 0 Å². The molecule has 1 aromatic rings. The van der Waals surface area contributed by atoms with E-state index in [1.807, 2.05) is 0 Å². The molecule has 1 saturated heterocycles. The third kappa shape index (κ3) is 3.63. The normalized spacial score (nSPS) is 19.8. The molecular weight excluding hydrogens is 290 g/mol. The minimum Gasteiger partial charge on any atom is -0.332 e. The Balaban J connectivity index is 2.00. The number of imidazole rings is 1. The van der Waals surface area contributed by atoms with Crippen LogP contribution in [0, 0.1) is 6.92 Å². The minimum atomic E-state index is -3.45. The number of nitrogens with two attached hydrogens (primary N) is 1. The van der Waals surface area contributed by atoms with E-state index in [9.17, 15) is 8.42 Å². The molecule has 7 nitrogen and oxygen atoms in total.